The number of hydrogen-bond acceptors (Lipinski definition) is 6. The Morgan fingerprint density at radius 1 is 1.03 bits per heavy atom. The van der Waals surface area contributed by atoms with Crippen LogP contribution in [-0.4, -0.2) is 20.7 Å². The fraction of sp³-hybridized carbons (Fsp3) is 0.304. The van der Waals surface area contributed by atoms with Gasteiger partial charge in [0.15, 0.2) is 11.6 Å². The summed E-state index contributed by atoms with van der Waals surface area (Å²) in [4.78, 5) is 13.8. The van der Waals surface area contributed by atoms with E-state index in [0.717, 1.165) is 6.07 Å². The molecule has 1 N–H and O–H groups in total. The summed E-state index contributed by atoms with van der Waals surface area (Å²) in [5.74, 6) is -2.09. The van der Waals surface area contributed by atoms with Crippen LogP contribution in [0, 0.1) is 5.82 Å². The van der Waals surface area contributed by atoms with Crippen molar-refractivity contribution in [1.29, 1.82) is 0 Å². The Morgan fingerprint density at radius 3 is 2.26 bits per heavy atom. The number of para-hydroxylation sites is 1. The van der Waals surface area contributed by atoms with E-state index in [9.17, 15) is 23.4 Å². The van der Waals surface area contributed by atoms with Gasteiger partial charge in [0, 0.05) is 4.90 Å². The van der Waals surface area contributed by atoms with Crippen molar-refractivity contribution < 1.29 is 112 Å². The van der Waals surface area contributed by atoms with Crippen LogP contribution in [0.2, 0.25) is 0 Å². The number of sulfonamides is 1. The molecule has 34 heavy (non-hydrogen) atoms. The van der Waals surface area contributed by atoms with Crippen LogP contribution < -0.4 is 99.1 Å². The molecule has 0 aromatic heterocycles. The van der Waals surface area contributed by atoms with Gasteiger partial charge < -0.3 is 30.3 Å². The summed E-state index contributed by atoms with van der Waals surface area (Å²) in [5, 5.41) is 16.2. The van der Waals surface area contributed by atoms with Crippen molar-refractivity contribution in [2.24, 2.45) is 4.40 Å². The van der Waals surface area contributed by atoms with Gasteiger partial charge in [-0.05, 0) is 48.2 Å². The molecule has 1 heterocycles. The minimum atomic E-state index is -4.11. The number of carbonyl (C=O) groups is 1. The number of carbonyl (C=O) groups excluding carboxylic acids is 1. The number of rotatable bonds is 5. The van der Waals surface area contributed by atoms with Crippen molar-refractivity contribution in [2.75, 3.05) is 5.32 Å². The number of amidine groups is 1. The second kappa shape index (κ2) is 12.7. The van der Waals surface area contributed by atoms with E-state index in [1.54, 1.807) is 18.2 Å². The Morgan fingerprint density at radius 2 is 1.65 bits per heavy atom. The van der Waals surface area contributed by atoms with Gasteiger partial charge in [-0.25, -0.2) is 8.79 Å². The molecule has 0 unspecified atom stereocenters. The molecule has 0 radical (unpaired) electrons. The Kier molecular flexibility index (Phi) is 12.1. The summed E-state index contributed by atoms with van der Waals surface area (Å²) in [6.07, 6.45) is 2.22. The molecule has 0 fully saturated rings. The molecule has 11 heteroatoms. The molecule has 2 aliphatic rings. The molecule has 164 valence electrons. The van der Waals surface area contributed by atoms with Crippen LogP contribution >= 0.6 is 10.8 Å². The smallest absolute Gasteiger partial charge is 0.871 e. The maximum atomic E-state index is 14.1. The van der Waals surface area contributed by atoms with Gasteiger partial charge in [0.2, 0.25) is 0 Å². The SMILES string of the molecule is CCCC1(CCC)C(=O)C(C2=NS([O-])([O-])c3ccccc3N2)=C([O-])c2cc(F)ccc21.[Na+].[Na+].[Na+]. The topological polar surface area (TPSA) is 111 Å². The van der Waals surface area contributed by atoms with Crippen molar-refractivity contribution in [2.45, 2.75) is 49.8 Å². The van der Waals surface area contributed by atoms with Crippen molar-refractivity contribution in [3.05, 3.63) is 65.0 Å². The zero-order valence-corrected chi connectivity index (χ0v) is 27.1. The number of Topliss-reactive ketones (excluding diaryl/α,β-unsaturated/α-hetero) is 1. The van der Waals surface area contributed by atoms with Crippen molar-refractivity contribution >= 4 is 33.8 Å². The summed E-state index contributed by atoms with van der Waals surface area (Å²) in [7, 11) is -4.11. The predicted octanol–water partition coefficient (Wildman–Crippen LogP) is -4.81. The van der Waals surface area contributed by atoms with Gasteiger partial charge in [-0.2, -0.15) is 0 Å². The van der Waals surface area contributed by atoms with Crippen molar-refractivity contribution in [3.8, 4) is 0 Å². The molecule has 0 amide bonds. The van der Waals surface area contributed by atoms with Crippen LogP contribution in [0.1, 0.15) is 50.7 Å². The van der Waals surface area contributed by atoms with Gasteiger partial charge in [0.05, 0.1) is 16.7 Å². The minimum absolute atomic E-state index is 0. The summed E-state index contributed by atoms with van der Waals surface area (Å²) in [6.45, 7) is 3.86. The molecule has 1 aliphatic heterocycles. The van der Waals surface area contributed by atoms with Gasteiger partial charge in [-0.3, -0.25) is 4.79 Å². The van der Waals surface area contributed by atoms with E-state index < -0.39 is 33.6 Å². The first kappa shape index (κ1) is 32.3. The molecule has 6 nitrogen and oxygen atoms in total. The van der Waals surface area contributed by atoms with Gasteiger partial charge >= 0.3 is 88.7 Å². The number of anilines is 1. The van der Waals surface area contributed by atoms with E-state index in [4.69, 9.17) is 0 Å². The third-order valence-corrected chi connectivity index (χ3v) is 7.19. The Labute approximate surface area is 267 Å². The van der Waals surface area contributed by atoms with Crippen LogP contribution in [0.3, 0.4) is 0 Å². The number of nitrogens with one attached hydrogen (secondary N) is 1. The van der Waals surface area contributed by atoms with Crippen LogP contribution in [0.15, 0.2) is 57.3 Å². The van der Waals surface area contributed by atoms with E-state index >= 15 is 0 Å². The molecule has 1 aliphatic carbocycles. The fourth-order valence-corrected chi connectivity index (χ4v) is 5.76. The zero-order valence-electron chi connectivity index (χ0n) is 20.2. The quantitative estimate of drug-likeness (QED) is 0.406. The number of benzene rings is 2. The van der Waals surface area contributed by atoms with Crippen molar-refractivity contribution in [3.63, 3.8) is 0 Å². The maximum Gasteiger partial charge on any atom is 1.00 e. The molecular weight excluding hydrogens is 488 g/mol. The molecular formula is C23H22FN2Na3O4S. The summed E-state index contributed by atoms with van der Waals surface area (Å²) < 4.78 is 43.3. The first-order chi connectivity index (χ1) is 14.7. The number of halogens is 1. The first-order valence-electron chi connectivity index (χ1n) is 10.2. The van der Waals surface area contributed by atoms with E-state index in [1.165, 1.54) is 18.2 Å². The number of nitrogens with zero attached hydrogens (tertiary/aromatic N) is 1. The Hall–Kier alpha value is 0.320. The normalized spacial score (nSPS) is 18.0. The Bertz CT molecular complexity index is 1130. The third kappa shape index (κ3) is 5.59. The van der Waals surface area contributed by atoms with Crippen LogP contribution in [0.4, 0.5) is 10.1 Å². The number of ketones is 1. The average Bonchev–Trinajstić information content (AvgIpc) is 2.72. The zero-order chi connectivity index (χ0) is 22.4. The molecule has 0 bridgehead atoms. The van der Waals surface area contributed by atoms with E-state index in [0.29, 0.717) is 31.2 Å². The second-order valence-corrected chi connectivity index (χ2v) is 9.41. The largest absolute Gasteiger partial charge is 1.00 e. The molecule has 0 spiro atoms. The number of hydrogen-bond donors (Lipinski definition) is 1. The molecule has 4 rings (SSSR count). The standard InChI is InChI=1S/C23H25FN2O4S.3Na/c1-3-11-23(12-4-2)16-10-9-14(24)13-15(16)20(27)19(21(23)28)22-25-17-7-5-6-8-18(17)31(29,30)26-22;;;/h5-10,13,27,29-30H,3-4,11-12H2,1-2H3,(H,25,26);;;/q;3*+1/p-3. The summed E-state index contributed by atoms with van der Waals surface area (Å²) in [5.41, 5.74) is -0.561. The van der Waals surface area contributed by atoms with Gasteiger partial charge in [0.25, 0.3) is 0 Å². The molecule has 2 aromatic carbocycles. The second-order valence-electron chi connectivity index (χ2n) is 7.84. The fourth-order valence-electron chi connectivity index (χ4n) is 4.63. The van der Waals surface area contributed by atoms with Gasteiger partial charge in [0.1, 0.15) is 5.82 Å². The molecule has 0 atom stereocenters. The monoisotopic (exact) mass is 510 g/mol. The average molecular weight is 510 g/mol. The predicted molar refractivity (Wildman–Crippen MR) is 115 cm³/mol. The minimum Gasteiger partial charge on any atom is -0.871 e. The van der Waals surface area contributed by atoms with E-state index in [1.807, 2.05) is 13.8 Å². The molecule has 2 aromatic rings. The van der Waals surface area contributed by atoms with E-state index in [-0.39, 0.29) is 116 Å². The summed E-state index contributed by atoms with van der Waals surface area (Å²) >= 11 is 0. The first-order valence-corrected chi connectivity index (χ1v) is 11.7. The van der Waals surface area contributed by atoms with Crippen molar-refractivity contribution in [1.82, 2.24) is 0 Å². The number of fused-ring (bicyclic) bond motifs is 2. The summed E-state index contributed by atoms with van der Waals surface area (Å²) in [6, 6.07) is 10.0. The van der Waals surface area contributed by atoms with E-state index in [2.05, 4.69) is 9.71 Å². The van der Waals surface area contributed by atoms with Crippen LogP contribution in [0.25, 0.3) is 5.76 Å². The Balaban J connectivity index is 0.00000193. The molecule has 0 saturated carbocycles. The third-order valence-electron chi connectivity index (χ3n) is 5.85. The van der Waals surface area contributed by atoms with Gasteiger partial charge in [-0.15, -0.1) is 0 Å². The molecule has 0 saturated heterocycles. The van der Waals surface area contributed by atoms with Gasteiger partial charge in [-0.1, -0.05) is 50.6 Å². The maximum absolute atomic E-state index is 14.1. The van der Waals surface area contributed by atoms with Crippen LogP contribution in [0.5, 0.6) is 0 Å². The van der Waals surface area contributed by atoms with Crippen LogP contribution in [-0.2, 0) is 10.2 Å².